The highest BCUT2D eigenvalue weighted by atomic mass is 16.5. The molecule has 1 aliphatic heterocycles. The van der Waals surface area contributed by atoms with Gasteiger partial charge >= 0.3 is 0 Å². The Hall–Kier alpha value is -2.17. The third-order valence-corrected chi connectivity index (χ3v) is 4.96. The van der Waals surface area contributed by atoms with Crippen molar-refractivity contribution < 1.29 is 4.74 Å². The predicted molar refractivity (Wildman–Crippen MR) is 101 cm³/mol. The number of fused-ring (bicyclic) bond motifs is 1. The first-order valence-electron chi connectivity index (χ1n) is 9.15. The van der Waals surface area contributed by atoms with E-state index in [4.69, 9.17) is 4.74 Å². The third-order valence-electron chi connectivity index (χ3n) is 4.96. The zero-order valence-electron chi connectivity index (χ0n) is 14.6. The van der Waals surface area contributed by atoms with Gasteiger partial charge in [0, 0.05) is 43.7 Å². The van der Waals surface area contributed by atoms with Crippen LogP contribution in [0.3, 0.4) is 0 Å². The summed E-state index contributed by atoms with van der Waals surface area (Å²) in [7, 11) is 0. The van der Waals surface area contributed by atoms with Gasteiger partial charge in [-0.25, -0.2) is 0 Å². The standard InChI is InChI=1S/C21H25N3O/c1-3-19(16-22-8-1)17-24-10-7-20-6-5-18(15-21(20)24)4-2-9-23-11-13-25-14-12-23/h1,3,5-8,10,15-16H,2,4,9,11-14,17H2. The number of aromatic nitrogens is 2. The summed E-state index contributed by atoms with van der Waals surface area (Å²) < 4.78 is 7.73. The van der Waals surface area contributed by atoms with Crippen molar-refractivity contribution in [2.24, 2.45) is 0 Å². The van der Waals surface area contributed by atoms with Gasteiger partial charge in [0.25, 0.3) is 0 Å². The summed E-state index contributed by atoms with van der Waals surface area (Å²) in [4.78, 5) is 6.73. The van der Waals surface area contributed by atoms with Crippen LogP contribution >= 0.6 is 0 Å². The van der Waals surface area contributed by atoms with Gasteiger partial charge in [-0.15, -0.1) is 0 Å². The first-order chi connectivity index (χ1) is 12.4. The minimum atomic E-state index is 0.870. The van der Waals surface area contributed by atoms with Crippen LogP contribution in [0.4, 0.5) is 0 Å². The van der Waals surface area contributed by atoms with Crippen LogP contribution in [-0.2, 0) is 17.7 Å². The lowest BCUT2D eigenvalue weighted by Gasteiger charge is -2.26. The average molecular weight is 335 g/mol. The van der Waals surface area contributed by atoms with Crippen LogP contribution in [0.5, 0.6) is 0 Å². The van der Waals surface area contributed by atoms with Gasteiger partial charge in [-0.1, -0.05) is 18.2 Å². The number of aryl methyl sites for hydroxylation is 1. The first-order valence-corrected chi connectivity index (χ1v) is 9.15. The van der Waals surface area contributed by atoms with E-state index in [-0.39, 0.29) is 0 Å². The number of rotatable bonds is 6. The largest absolute Gasteiger partial charge is 0.379 e. The average Bonchev–Trinajstić information content (AvgIpc) is 3.06. The number of hydrogen-bond acceptors (Lipinski definition) is 3. The Kier molecular flexibility index (Phi) is 5.09. The van der Waals surface area contributed by atoms with Gasteiger partial charge in [0.1, 0.15) is 0 Å². The van der Waals surface area contributed by atoms with Crippen molar-refractivity contribution in [1.82, 2.24) is 14.5 Å². The second-order valence-electron chi connectivity index (χ2n) is 6.76. The van der Waals surface area contributed by atoms with Crippen molar-refractivity contribution in [3.8, 4) is 0 Å². The Morgan fingerprint density at radius 2 is 1.96 bits per heavy atom. The first kappa shape index (κ1) is 16.3. The van der Waals surface area contributed by atoms with Crippen LogP contribution < -0.4 is 0 Å². The van der Waals surface area contributed by atoms with Gasteiger partial charge in [0.2, 0.25) is 0 Å². The van der Waals surface area contributed by atoms with Crippen molar-refractivity contribution in [3.05, 3.63) is 66.1 Å². The molecule has 0 aliphatic carbocycles. The Bertz CT molecular complexity index is 806. The molecule has 1 aliphatic rings. The highest BCUT2D eigenvalue weighted by Crippen LogP contribution is 2.20. The van der Waals surface area contributed by atoms with Gasteiger partial charge in [-0.3, -0.25) is 9.88 Å². The molecule has 1 saturated heterocycles. The quantitative estimate of drug-likeness (QED) is 0.692. The lowest BCUT2D eigenvalue weighted by molar-refractivity contribution is 0.0375. The van der Waals surface area contributed by atoms with E-state index in [2.05, 4.69) is 51.0 Å². The smallest absolute Gasteiger partial charge is 0.0594 e. The van der Waals surface area contributed by atoms with Crippen LogP contribution in [0, 0.1) is 0 Å². The SMILES string of the molecule is c1cncc(Cn2ccc3ccc(CCCN4CCOCC4)cc32)c1. The van der Waals surface area contributed by atoms with Crippen LogP contribution in [-0.4, -0.2) is 47.3 Å². The summed E-state index contributed by atoms with van der Waals surface area (Å²) in [5.41, 5.74) is 3.97. The van der Waals surface area contributed by atoms with E-state index >= 15 is 0 Å². The van der Waals surface area contributed by atoms with E-state index in [9.17, 15) is 0 Å². The lowest BCUT2D eigenvalue weighted by atomic mass is 10.1. The number of morpholine rings is 1. The van der Waals surface area contributed by atoms with E-state index in [1.165, 1.54) is 28.5 Å². The van der Waals surface area contributed by atoms with Gasteiger partial charge in [0.15, 0.2) is 0 Å². The molecule has 4 rings (SSSR count). The second kappa shape index (κ2) is 7.81. The van der Waals surface area contributed by atoms with Crippen LogP contribution in [0.15, 0.2) is 55.0 Å². The van der Waals surface area contributed by atoms with E-state index in [1.807, 2.05) is 18.5 Å². The Balaban J connectivity index is 1.42. The fourth-order valence-corrected chi connectivity index (χ4v) is 3.54. The minimum Gasteiger partial charge on any atom is -0.379 e. The Labute approximate surface area is 149 Å². The number of hydrogen-bond donors (Lipinski definition) is 0. The van der Waals surface area contributed by atoms with Crippen molar-refractivity contribution in [3.63, 3.8) is 0 Å². The Morgan fingerprint density at radius 1 is 1.04 bits per heavy atom. The predicted octanol–water partition coefficient (Wildman–Crippen LogP) is 3.35. The highest BCUT2D eigenvalue weighted by Gasteiger charge is 2.10. The number of nitrogens with zero attached hydrogens (tertiary/aromatic N) is 3. The summed E-state index contributed by atoms with van der Waals surface area (Å²) >= 11 is 0. The molecule has 4 nitrogen and oxygen atoms in total. The molecule has 130 valence electrons. The summed E-state index contributed by atoms with van der Waals surface area (Å²) in [6.07, 6.45) is 8.28. The van der Waals surface area contributed by atoms with Gasteiger partial charge in [0.05, 0.1) is 13.2 Å². The van der Waals surface area contributed by atoms with Crippen LogP contribution in [0.25, 0.3) is 10.9 Å². The molecule has 4 heteroatoms. The zero-order valence-corrected chi connectivity index (χ0v) is 14.6. The fourth-order valence-electron chi connectivity index (χ4n) is 3.54. The molecule has 3 aromatic rings. The molecule has 1 fully saturated rings. The van der Waals surface area contributed by atoms with Crippen molar-refractivity contribution in [2.45, 2.75) is 19.4 Å². The summed E-state index contributed by atoms with van der Waals surface area (Å²) in [6, 6.07) is 13.2. The molecular weight excluding hydrogens is 310 g/mol. The monoisotopic (exact) mass is 335 g/mol. The normalized spacial score (nSPS) is 15.7. The molecule has 0 amide bonds. The molecule has 0 atom stereocenters. The van der Waals surface area contributed by atoms with Crippen molar-refractivity contribution in [2.75, 3.05) is 32.8 Å². The molecule has 2 aromatic heterocycles. The number of ether oxygens (including phenoxy) is 1. The van der Waals surface area contributed by atoms with E-state index in [0.29, 0.717) is 0 Å². The summed E-state index contributed by atoms with van der Waals surface area (Å²) in [5, 5.41) is 1.31. The van der Waals surface area contributed by atoms with Gasteiger partial charge < -0.3 is 9.30 Å². The Morgan fingerprint density at radius 3 is 2.80 bits per heavy atom. The third kappa shape index (κ3) is 4.09. The fraction of sp³-hybridized carbons (Fsp3) is 0.381. The van der Waals surface area contributed by atoms with E-state index < -0.39 is 0 Å². The maximum atomic E-state index is 5.42. The molecule has 0 saturated carbocycles. The molecule has 3 heterocycles. The van der Waals surface area contributed by atoms with E-state index in [0.717, 1.165) is 45.8 Å². The molecular formula is C21H25N3O. The molecule has 0 radical (unpaired) electrons. The highest BCUT2D eigenvalue weighted by molar-refractivity contribution is 5.81. The molecule has 0 unspecified atom stereocenters. The zero-order chi connectivity index (χ0) is 16.9. The topological polar surface area (TPSA) is 30.3 Å². The summed E-state index contributed by atoms with van der Waals surface area (Å²) in [6.45, 7) is 5.95. The van der Waals surface area contributed by atoms with Crippen molar-refractivity contribution in [1.29, 1.82) is 0 Å². The molecule has 0 bridgehead atoms. The number of benzene rings is 1. The molecule has 25 heavy (non-hydrogen) atoms. The van der Waals surface area contributed by atoms with Crippen LogP contribution in [0.2, 0.25) is 0 Å². The summed E-state index contributed by atoms with van der Waals surface area (Å²) in [5.74, 6) is 0. The lowest BCUT2D eigenvalue weighted by Crippen LogP contribution is -2.36. The molecule has 0 spiro atoms. The maximum Gasteiger partial charge on any atom is 0.0594 e. The van der Waals surface area contributed by atoms with Gasteiger partial charge in [-0.05, 0) is 54.1 Å². The maximum absolute atomic E-state index is 5.42. The minimum absolute atomic E-state index is 0.870. The second-order valence-corrected chi connectivity index (χ2v) is 6.76. The van der Waals surface area contributed by atoms with E-state index in [1.54, 1.807) is 0 Å². The number of pyridine rings is 1. The van der Waals surface area contributed by atoms with Gasteiger partial charge in [-0.2, -0.15) is 0 Å². The molecule has 1 aromatic carbocycles. The molecule has 0 N–H and O–H groups in total. The van der Waals surface area contributed by atoms with Crippen molar-refractivity contribution >= 4 is 10.9 Å². The van der Waals surface area contributed by atoms with Crippen LogP contribution in [0.1, 0.15) is 17.5 Å².